The molecule has 0 aliphatic heterocycles. The predicted molar refractivity (Wildman–Crippen MR) is 70.7 cm³/mol. The Hall–Kier alpha value is -1.63. The van der Waals surface area contributed by atoms with Gasteiger partial charge in [-0.3, -0.25) is 14.9 Å². The smallest absolute Gasteiger partial charge is 0.307 e. The maximum atomic E-state index is 11.0. The predicted octanol–water partition coefficient (Wildman–Crippen LogP) is 2.36. The van der Waals surface area contributed by atoms with Crippen LogP contribution in [0.15, 0.2) is 22.7 Å². The summed E-state index contributed by atoms with van der Waals surface area (Å²) >= 11 is 3.19. The quantitative estimate of drug-likeness (QED) is 0.473. The molecule has 0 bridgehead atoms. The minimum Gasteiger partial charge on any atom is -0.469 e. The lowest BCUT2D eigenvalue weighted by molar-refractivity contribution is -0.384. The maximum Gasteiger partial charge on any atom is 0.307 e. The Balaban J connectivity index is 2.88. The van der Waals surface area contributed by atoms with Crippen molar-refractivity contribution in [2.24, 2.45) is 0 Å². The summed E-state index contributed by atoms with van der Waals surface area (Å²) in [7, 11) is 3.00. The molecule has 0 N–H and O–H groups in total. The highest BCUT2D eigenvalue weighted by Gasteiger charge is 2.18. The van der Waals surface area contributed by atoms with Gasteiger partial charge in [0.25, 0.3) is 5.69 Å². The Bertz CT molecular complexity index is 464. The molecule has 18 heavy (non-hydrogen) atoms. The van der Waals surface area contributed by atoms with Crippen LogP contribution in [0.3, 0.4) is 0 Å². The summed E-state index contributed by atoms with van der Waals surface area (Å²) in [6, 6.07) is 4.79. The normalized spacial score (nSPS) is 9.94. The highest BCUT2D eigenvalue weighted by Crippen LogP contribution is 2.30. The third kappa shape index (κ3) is 3.69. The summed E-state index contributed by atoms with van der Waals surface area (Å²) in [4.78, 5) is 23.2. The van der Waals surface area contributed by atoms with Crippen molar-refractivity contribution >= 4 is 33.3 Å². The van der Waals surface area contributed by atoms with Crippen molar-refractivity contribution in [2.75, 3.05) is 25.6 Å². The van der Waals surface area contributed by atoms with Crippen LogP contribution in [0.2, 0.25) is 0 Å². The molecule has 98 valence electrons. The zero-order valence-corrected chi connectivity index (χ0v) is 11.6. The third-order valence-electron chi connectivity index (χ3n) is 2.42. The molecule has 1 aromatic carbocycles. The van der Waals surface area contributed by atoms with Crippen LogP contribution >= 0.6 is 15.9 Å². The molecule has 0 aromatic heterocycles. The number of anilines is 1. The van der Waals surface area contributed by atoms with E-state index in [2.05, 4.69) is 20.7 Å². The van der Waals surface area contributed by atoms with E-state index in [0.717, 1.165) is 0 Å². The summed E-state index contributed by atoms with van der Waals surface area (Å²) in [6.45, 7) is 0.356. The molecule has 0 radical (unpaired) electrons. The van der Waals surface area contributed by atoms with Gasteiger partial charge in [-0.2, -0.15) is 0 Å². The SMILES string of the molecule is COC(=O)CCN(C)c1ccc(Br)cc1[N+](=O)[O-]. The molecular weight excluding hydrogens is 304 g/mol. The Morgan fingerprint density at radius 2 is 2.22 bits per heavy atom. The fourth-order valence-corrected chi connectivity index (χ4v) is 1.80. The molecule has 0 unspecified atom stereocenters. The number of carbonyl (C=O) groups is 1. The highest BCUT2D eigenvalue weighted by atomic mass is 79.9. The van der Waals surface area contributed by atoms with Crippen molar-refractivity contribution in [3.63, 3.8) is 0 Å². The van der Waals surface area contributed by atoms with Crippen LogP contribution in [0.1, 0.15) is 6.42 Å². The Labute approximate surface area is 113 Å². The number of hydrogen-bond donors (Lipinski definition) is 0. The number of esters is 1. The molecule has 7 heteroatoms. The molecular formula is C11H13BrN2O4. The molecule has 0 atom stereocenters. The Morgan fingerprint density at radius 3 is 2.78 bits per heavy atom. The number of halogens is 1. The summed E-state index contributed by atoms with van der Waals surface area (Å²) in [5, 5.41) is 10.9. The second-order valence-corrected chi connectivity index (χ2v) is 4.55. The van der Waals surface area contributed by atoms with E-state index in [1.54, 1.807) is 24.1 Å². The number of benzene rings is 1. The first-order chi connectivity index (χ1) is 8.45. The fourth-order valence-electron chi connectivity index (χ4n) is 1.45. The minimum atomic E-state index is -0.450. The minimum absolute atomic E-state index is 0.00302. The van der Waals surface area contributed by atoms with Gasteiger partial charge in [0.2, 0.25) is 0 Å². The first-order valence-corrected chi connectivity index (χ1v) is 5.97. The molecule has 1 rings (SSSR count). The van der Waals surface area contributed by atoms with Gasteiger partial charge in [-0.05, 0) is 12.1 Å². The van der Waals surface area contributed by atoms with Gasteiger partial charge in [-0.1, -0.05) is 15.9 Å². The van der Waals surface area contributed by atoms with E-state index in [-0.39, 0.29) is 18.1 Å². The van der Waals surface area contributed by atoms with E-state index in [1.807, 2.05) is 0 Å². The van der Waals surface area contributed by atoms with Crippen molar-refractivity contribution in [1.29, 1.82) is 0 Å². The first-order valence-electron chi connectivity index (χ1n) is 5.17. The summed E-state index contributed by atoms with van der Waals surface area (Å²) in [6.07, 6.45) is 0.181. The van der Waals surface area contributed by atoms with Crippen molar-refractivity contribution in [2.45, 2.75) is 6.42 Å². The van der Waals surface area contributed by atoms with Crippen LogP contribution < -0.4 is 4.90 Å². The van der Waals surface area contributed by atoms with Crippen LogP contribution in [-0.2, 0) is 9.53 Å². The van der Waals surface area contributed by atoms with Crippen LogP contribution in [0.25, 0.3) is 0 Å². The zero-order chi connectivity index (χ0) is 13.7. The lowest BCUT2D eigenvalue weighted by Gasteiger charge is -2.18. The molecule has 0 aliphatic carbocycles. The molecule has 0 fully saturated rings. The van der Waals surface area contributed by atoms with E-state index in [9.17, 15) is 14.9 Å². The molecule has 0 amide bonds. The first kappa shape index (κ1) is 14.4. The lowest BCUT2D eigenvalue weighted by atomic mass is 10.2. The van der Waals surface area contributed by atoms with Crippen LogP contribution in [0.5, 0.6) is 0 Å². The number of ether oxygens (including phenoxy) is 1. The van der Waals surface area contributed by atoms with Crippen molar-refractivity contribution in [3.05, 3.63) is 32.8 Å². The molecule has 1 aromatic rings. The average molecular weight is 317 g/mol. The van der Waals surface area contributed by atoms with E-state index in [4.69, 9.17) is 0 Å². The largest absolute Gasteiger partial charge is 0.469 e. The van der Waals surface area contributed by atoms with Gasteiger partial charge in [-0.15, -0.1) is 0 Å². The van der Waals surface area contributed by atoms with Gasteiger partial charge in [0.05, 0.1) is 18.5 Å². The van der Waals surface area contributed by atoms with E-state index in [0.29, 0.717) is 16.7 Å². The van der Waals surface area contributed by atoms with Gasteiger partial charge in [0.15, 0.2) is 0 Å². The van der Waals surface area contributed by atoms with E-state index < -0.39 is 4.92 Å². The van der Waals surface area contributed by atoms with Gasteiger partial charge in [0, 0.05) is 24.1 Å². The summed E-state index contributed by atoms with van der Waals surface area (Å²) < 4.78 is 5.16. The molecule has 0 saturated carbocycles. The molecule has 0 aliphatic rings. The van der Waals surface area contributed by atoms with E-state index in [1.165, 1.54) is 13.2 Å². The van der Waals surface area contributed by atoms with Gasteiger partial charge >= 0.3 is 5.97 Å². The summed E-state index contributed by atoms with van der Waals surface area (Å²) in [5.41, 5.74) is 0.462. The molecule has 0 heterocycles. The number of rotatable bonds is 5. The number of nitrogens with zero attached hydrogens (tertiary/aromatic N) is 2. The molecule has 0 saturated heterocycles. The van der Waals surface area contributed by atoms with Gasteiger partial charge < -0.3 is 9.64 Å². The third-order valence-corrected chi connectivity index (χ3v) is 2.92. The zero-order valence-electron chi connectivity index (χ0n) is 10.1. The molecule has 6 nitrogen and oxygen atoms in total. The fraction of sp³-hybridized carbons (Fsp3) is 0.364. The number of nitro groups is 1. The Kier molecular flexibility index (Phi) is 5.08. The molecule has 0 spiro atoms. The van der Waals surface area contributed by atoms with Crippen LogP contribution in [0, 0.1) is 10.1 Å². The summed E-state index contributed by atoms with van der Waals surface area (Å²) in [5.74, 6) is -0.346. The van der Waals surface area contributed by atoms with Crippen molar-refractivity contribution < 1.29 is 14.5 Å². The van der Waals surface area contributed by atoms with E-state index >= 15 is 0 Å². The monoisotopic (exact) mass is 316 g/mol. The number of nitro benzene ring substituents is 1. The topological polar surface area (TPSA) is 72.7 Å². The average Bonchev–Trinajstić information content (AvgIpc) is 2.35. The second-order valence-electron chi connectivity index (χ2n) is 3.64. The Morgan fingerprint density at radius 1 is 1.56 bits per heavy atom. The van der Waals surface area contributed by atoms with Crippen LogP contribution in [-0.4, -0.2) is 31.6 Å². The highest BCUT2D eigenvalue weighted by molar-refractivity contribution is 9.10. The van der Waals surface area contributed by atoms with Crippen molar-refractivity contribution in [3.8, 4) is 0 Å². The second kappa shape index (κ2) is 6.34. The number of carbonyl (C=O) groups excluding carboxylic acids is 1. The number of hydrogen-bond acceptors (Lipinski definition) is 5. The van der Waals surface area contributed by atoms with Gasteiger partial charge in [-0.25, -0.2) is 0 Å². The van der Waals surface area contributed by atoms with Crippen molar-refractivity contribution in [1.82, 2.24) is 0 Å². The lowest BCUT2D eigenvalue weighted by Crippen LogP contribution is -2.22. The standard InChI is InChI=1S/C11H13BrN2O4/c1-13(6-5-11(15)18-2)9-4-3-8(12)7-10(9)14(16)17/h3-4,7H,5-6H2,1-2H3. The van der Waals surface area contributed by atoms with Gasteiger partial charge in [0.1, 0.15) is 5.69 Å². The maximum absolute atomic E-state index is 11.0. The number of methoxy groups -OCH3 is 1. The van der Waals surface area contributed by atoms with Crippen LogP contribution in [0.4, 0.5) is 11.4 Å².